The van der Waals surface area contributed by atoms with Gasteiger partial charge in [-0.25, -0.2) is 19.3 Å². The molecule has 6 nitrogen and oxygen atoms in total. The van der Waals surface area contributed by atoms with E-state index in [2.05, 4.69) is 15.0 Å². The molecular formula is C19H13F3N4O2. The van der Waals surface area contributed by atoms with E-state index < -0.39 is 17.4 Å². The summed E-state index contributed by atoms with van der Waals surface area (Å²) in [7, 11) is 1.47. The first-order valence-corrected chi connectivity index (χ1v) is 8.17. The molecule has 0 bridgehead atoms. The molecule has 28 heavy (non-hydrogen) atoms. The van der Waals surface area contributed by atoms with Crippen molar-refractivity contribution in [3.05, 3.63) is 70.8 Å². The lowest BCUT2D eigenvalue weighted by Crippen LogP contribution is -2.15. The summed E-state index contributed by atoms with van der Waals surface area (Å²) in [4.78, 5) is 23.6. The van der Waals surface area contributed by atoms with Crippen LogP contribution in [0.15, 0.2) is 59.5 Å². The van der Waals surface area contributed by atoms with Crippen molar-refractivity contribution in [1.29, 1.82) is 0 Å². The van der Waals surface area contributed by atoms with Gasteiger partial charge in [-0.2, -0.15) is 13.2 Å². The highest BCUT2D eigenvalue weighted by atomic mass is 19.4. The molecule has 9 heteroatoms. The molecule has 2 heterocycles. The van der Waals surface area contributed by atoms with Crippen LogP contribution in [0, 0.1) is 0 Å². The predicted octanol–water partition coefficient (Wildman–Crippen LogP) is 3.80. The fraction of sp³-hybridized carbons (Fsp3) is 0.105. The molecule has 0 spiro atoms. The van der Waals surface area contributed by atoms with Crippen LogP contribution in [0.25, 0.3) is 28.2 Å². The number of halogens is 3. The van der Waals surface area contributed by atoms with Crippen LogP contribution >= 0.6 is 0 Å². The van der Waals surface area contributed by atoms with E-state index in [9.17, 15) is 18.0 Å². The van der Waals surface area contributed by atoms with Crippen LogP contribution in [0.3, 0.4) is 0 Å². The van der Waals surface area contributed by atoms with Crippen molar-refractivity contribution in [3.8, 4) is 22.8 Å². The summed E-state index contributed by atoms with van der Waals surface area (Å²) >= 11 is 0. The Bertz CT molecular complexity index is 1230. The minimum atomic E-state index is -4.48. The lowest BCUT2D eigenvalue weighted by molar-refractivity contribution is -0.137. The number of benzene rings is 2. The largest absolute Gasteiger partial charge is 0.495 e. The number of aromatic amines is 1. The fourth-order valence-electron chi connectivity index (χ4n) is 2.91. The number of nitrogens with one attached hydrogen (secondary N) is 1. The second-order valence-electron chi connectivity index (χ2n) is 5.95. The second-order valence-corrected chi connectivity index (χ2v) is 5.95. The molecule has 142 valence electrons. The van der Waals surface area contributed by atoms with Gasteiger partial charge >= 0.3 is 11.9 Å². The molecule has 0 amide bonds. The average Bonchev–Trinajstić information content (AvgIpc) is 3.02. The SMILES string of the molecule is COc1ccccc1-n1c(=O)[nH]c2cnc(-c3cccc(C(F)(F)F)c3)nc21. The van der Waals surface area contributed by atoms with Gasteiger partial charge in [-0.05, 0) is 24.3 Å². The number of alkyl halides is 3. The molecule has 0 unspecified atom stereocenters. The second kappa shape index (κ2) is 6.52. The molecule has 0 fully saturated rings. The van der Waals surface area contributed by atoms with Crippen LogP contribution in [-0.2, 0) is 6.18 Å². The number of aromatic nitrogens is 4. The number of methoxy groups -OCH3 is 1. The van der Waals surface area contributed by atoms with E-state index in [0.29, 0.717) is 17.0 Å². The topological polar surface area (TPSA) is 72.8 Å². The Morgan fingerprint density at radius 1 is 1.11 bits per heavy atom. The van der Waals surface area contributed by atoms with Crippen LogP contribution < -0.4 is 10.4 Å². The van der Waals surface area contributed by atoms with Gasteiger partial charge in [-0.15, -0.1) is 0 Å². The van der Waals surface area contributed by atoms with E-state index in [4.69, 9.17) is 4.74 Å². The highest BCUT2D eigenvalue weighted by molar-refractivity contribution is 5.75. The van der Waals surface area contributed by atoms with Crippen molar-refractivity contribution in [2.75, 3.05) is 7.11 Å². The van der Waals surface area contributed by atoms with Gasteiger partial charge in [0, 0.05) is 5.56 Å². The molecule has 0 saturated carbocycles. The third-order valence-corrected chi connectivity index (χ3v) is 4.20. The van der Waals surface area contributed by atoms with Gasteiger partial charge < -0.3 is 9.72 Å². The third-order valence-electron chi connectivity index (χ3n) is 4.20. The number of para-hydroxylation sites is 2. The summed E-state index contributed by atoms with van der Waals surface area (Å²) in [5, 5.41) is 0. The van der Waals surface area contributed by atoms with Crippen molar-refractivity contribution in [3.63, 3.8) is 0 Å². The molecule has 0 aliphatic rings. The van der Waals surface area contributed by atoms with Crippen molar-refractivity contribution in [2.24, 2.45) is 0 Å². The molecule has 2 aromatic heterocycles. The molecular weight excluding hydrogens is 373 g/mol. The molecule has 0 atom stereocenters. The summed E-state index contributed by atoms with van der Waals surface area (Å²) in [6, 6.07) is 11.6. The lowest BCUT2D eigenvalue weighted by atomic mass is 10.1. The quantitative estimate of drug-likeness (QED) is 0.581. The fourth-order valence-corrected chi connectivity index (χ4v) is 2.91. The Morgan fingerprint density at radius 3 is 2.64 bits per heavy atom. The van der Waals surface area contributed by atoms with Crippen LogP contribution in [0.1, 0.15) is 5.56 Å². The maximum absolute atomic E-state index is 13.0. The van der Waals surface area contributed by atoms with Crippen molar-refractivity contribution < 1.29 is 17.9 Å². The van der Waals surface area contributed by atoms with E-state index in [1.807, 2.05) is 0 Å². The first-order valence-electron chi connectivity index (χ1n) is 8.17. The summed E-state index contributed by atoms with van der Waals surface area (Å²) in [5.41, 5.74) is -0.0321. The number of hydrogen-bond donors (Lipinski definition) is 1. The molecule has 1 N–H and O–H groups in total. The van der Waals surface area contributed by atoms with Gasteiger partial charge in [0.15, 0.2) is 11.5 Å². The monoisotopic (exact) mass is 386 g/mol. The predicted molar refractivity (Wildman–Crippen MR) is 96.5 cm³/mol. The maximum Gasteiger partial charge on any atom is 0.416 e. The number of nitrogens with zero attached hydrogens (tertiary/aromatic N) is 3. The minimum absolute atomic E-state index is 0.0706. The normalized spacial score (nSPS) is 11.7. The first kappa shape index (κ1) is 17.8. The van der Waals surface area contributed by atoms with Crippen molar-refractivity contribution in [2.45, 2.75) is 6.18 Å². The van der Waals surface area contributed by atoms with Gasteiger partial charge in [0.05, 0.1) is 24.6 Å². The van der Waals surface area contributed by atoms with E-state index in [1.54, 1.807) is 24.3 Å². The molecule has 4 aromatic rings. The zero-order valence-corrected chi connectivity index (χ0v) is 14.5. The van der Waals surface area contributed by atoms with Gasteiger partial charge in [0.1, 0.15) is 11.3 Å². The summed E-state index contributed by atoms with van der Waals surface area (Å²) in [6.45, 7) is 0. The van der Waals surface area contributed by atoms with Crippen LogP contribution in [-0.4, -0.2) is 26.6 Å². The zero-order chi connectivity index (χ0) is 19.9. The number of fused-ring (bicyclic) bond motifs is 1. The molecule has 0 saturated heterocycles. The van der Waals surface area contributed by atoms with Crippen LogP contribution in [0.5, 0.6) is 5.75 Å². The molecule has 2 aromatic carbocycles. The number of hydrogen-bond acceptors (Lipinski definition) is 4. The number of H-pyrrole nitrogens is 1. The Labute approximate surface area is 156 Å². The van der Waals surface area contributed by atoms with Gasteiger partial charge in [0.2, 0.25) is 0 Å². The van der Waals surface area contributed by atoms with E-state index >= 15 is 0 Å². The average molecular weight is 386 g/mol. The summed E-state index contributed by atoms with van der Waals surface area (Å²) in [6.07, 6.45) is -3.11. The Balaban J connectivity index is 1.92. The van der Waals surface area contributed by atoms with E-state index in [-0.39, 0.29) is 17.0 Å². The lowest BCUT2D eigenvalue weighted by Gasteiger charge is -2.10. The summed E-state index contributed by atoms with van der Waals surface area (Å²) in [5.74, 6) is 0.519. The van der Waals surface area contributed by atoms with Gasteiger partial charge in [-0.3, -0.25) is 0 Å². The van der Waals surface area contributed by atoms with Crippen molar-refractivity contribution >= 4 is 11.2 Å². The highest BCUT2D eigenvalue weighted by Crippen LogP contribution is 2.31. The number of imidazole rings is 1. The molecule has 0 aliphatic carbocycles. The van der Waals surface area contributed by atoms with Crippen LogP contribution in [0.2, 0.25) is 0 Å². The molecule has 0 radical (unpaired) electrons. The van der Waals surface area contributed by atoms with E-state index in [1.165, 1.54) is 30.0 Å². The van der Waals surface area contributed by atoms with E-state index in [0.717, 1.165) is 12.1 Å². The van der Waals surface area contributed by atoms with Gasteiger partial charge in [-0.1, -0.05) is 24.3 Å². The van der Waals surface area contributed by atoms with Crippen molar-refractivity contribution in [1.82, 2.24) is 19.5 Å². The highest BCUT2D eigenvalue weighted by Gasteiger charge is 2.30. The number of rotatable bonds is 3. The summed E-state index contributed by atoms with van der Waals surface area (Å²) < 4.78 is 45.6. The first-order chi connectivity index (χ1) is 13.4. The molecule has 0 aliphatic heterocycles. The number of ether oxygens (including phenoxy) is 1. The Hall–Kier alpha value is -3.62. The Morgan fingerprint density at radius 2 is 1.89 bits per heavy atom. The molecule has 4 rings (SSSR count). The minimum Gasteiger partial charge on any atom is -0.495 e. The van der Waals surface area contributed by atoms with Crippen LogP contribution in [0.4, 0.5) is 13.2 Å². The maximum atomic E-state index is 13.0. The smallest absolute Gasteiger partial charge is 0.416 e. The van der Waals surface area contributed by atoms with Gasteiger partial charge in [0.25, 0.3) is 0 Å². The Kier molecular flexibility index (Phi) is 4.14. The zero-order valence-electron chi connectivity index (χ0n) is 14.5. The third kappa shape index (κ3) is 3.00. The standard InChI is InChI=1S/C19H13F3N4O2/c1-28-15-8-3-2-7-14(15)26-17-13(24-18(26)27)10-23-16(25-17)11-5-4-6-12(9-11)19(20,21)22/h2-10H,1H3,(H,24,27).